The molecule has 0 aliphatic carbocycles. The van der Waals surface area contributed by atoms with E-state index in [4.69, 9.17) is 14.6 Å². The fraction of sp³-hybridized carbons (Fsp3) is 0.500. The van der Waals surface area contributed by atoms with Gasteiger partial charge in [0.15, 0.2) is 0 Å². The van der Waals surface area contributed by atoms with Gasteiger partial charge in [-0.25, -0.2) is 0 Å². The number of hydrogen-bond donors (Lipinski definition) is 2. The zero-order valence-corrected chi connectivity index (χ0v) is 12.0. The van der Waals surface area contributed by atoms with Crippen LogP contribution in [0.4, 0.5) is 0 Å². The Morgan fingerprint density at radius 2 is 2.29 bits per heavy atom. The molecule has 0 amide bonds. The number of ether oxygens (including phenoxy) is 2. The molecule has 2 N–H and O–H groups in total. The van der Waals surface area contributed by atoms with Gasteiger partial charge >= 0.3 is 0 Å². The van der Waals surface area contributed by atoms with Crippen LogP contribution in [0.15, 0.2) is 24.3 Å². The van der Waals surface area contributed by atoms with Gasteiger partial charge in [-0.15, -0.1) is 0 Å². The van der Waals surface area contributed by atoms with Crippen molar-refractivity contribution >= 4 is 0 Å². The Morgan fingerprint density at radius 1 is 1.38 bits per heavy atom. The fourth-order valence-corrected chi connectivity index (χ4v) is 2.24. The second kappa shape index (κ2) is 8.65. The van der Waals surface area contributed by atoms with E-state index < -0.39 is 0 Å². The molecule has 5 heteroatoms. The molecule has 1 unspecified atom stereocenters. The van der Waals surface area contributed by atoms with Crippen LogP contribution in [0.2, 0.25) is 0 Å². The number of rotatable bonds is 5. The number of nitrogens with zero attached hydrogens (tertiary/aromatic N) is 1. The number of aliphatic hydroxyl groups excluding tert-OH is 2. The van der Waals surface area contributed by atoms with Crippen molar-refractivity contribution in [1.29, 1.82) is 0 Å². The molecule has 0 radical (unpaired) electrons. The fourth-order valence-electron chi connectivity index (χ4n) is 2.24. The summed E-state index contributed by atoms with van der Waals surface area (Å²) in [6.45, 7) is 3.34. The van der Waals surface area contributed by atoms with Crippen LogP contribution in [-0.4, -0.2) is 67.3 Å². The number of hydrogen-bond acceptors (Lipinski definition) is 5. The Balaban J connectivity index is 1.82. The van der Waals surface area contributed by atoms with Crippen molar-refractivity contribution in [3.05, 3.63) is 29.8 Å². The van der Waals surface area contributed by atoms with Crippen molar-refractivity contribution in [2.24, 2.45) is 0 Å². The maximum Gasteiger partial charge on any atom is 0.120 e. The van der Waals surface area contributed by atoms with Gasteiger partial charge in [0.25, 0.3) is 0 Å². The van der Waals surface area contributed by atoms with Gasteiger partial charge in [-0.05, 0) is 18.2 Å². The van der Waals surface area contributed by atoms with Crippen LogP contribution in [0.25, 0.3) is 0 Å². The van der Waals surface area contributed by atoms with E-state index in [0.29, 0.717) is 19.8 Å². The normalized spacial score (nSPS) is 18.9. The third kappa shape index (κ3) is 5.03. The minimum absolute atomic E-state index is 0.0594. The van der Waals surface area contributed by atoms with Crippen molar-refractivity contribution in [2.75, 3.05) is 46.1 Å². The van der Waals surface area contributed by atoms with Crippen LogP contribution in [0, 0.1) is 11.8 Å². The lowest BCUT2D eigenvalue weighted by Gasteiger charge is -2.34. The van der Waals surface area contributed by atoms with Gasteiger partial charge in [0.1, 0.15) is 19.0 Å². The molecule has 1 aliphatic rings. The van der Waals surface area contributed by atoms with Crippen LogP contribution < -0.4 is 4.74 Å². The standard InChI is InChI=1S/C16H21NO4/c18-8-2-4-14-3-1-5-16(11-14)21-10-7-17-6-9-20-13-15(17)12-19/h1,3,5,11,15,18-19H,6-10,12-13H2. The maximum atomic E-state index is 9.30. The Bertz CT molecular complexity index is 495. The summed E-state index contributed by atoms with van der Waals surface area (Å²) in [6, 6.07) is 7.55. The van der Waals surface area contributed by atoms with Crippen LogP contribution in [-0.2, 0) is 4.74 Å². The van der Waals surface area contributed by atoms with E-state index in [0.717, 1.165) is 24.4 Å². The van der Waals surface area contributed by atoms with Crippen LogP contribution in [0.3, 0.4) is 0 Å². The Hall–Kier alpha value is -1.58. The summed E-state index contributed by atoms with van der Waals surface area (Å²) in [6.07, 6.45) is 0. The van der Waals surface area contributed by atoms with Gasteiger partial charge in [-0.3, -0.25) is 4.90 Å². The Morgan fingerprint density at radius 3 is 3.10 bits per heavy atom. The molecule has 0 spiro atoms. The van der Waals surface area contributed by atoms with Gasteiger partial charge in [-0.1, -0.05) is 17.9 Å². The van der Waals surface area contributed by atoms with Crippen molar-refractivity contribution in [2.45, 2.75) is 6.04 Å². The lowest BCUT2D eigenvalue weighted by Crippen LogP contribution is -2.48. The molecule has 5 nitrogen and oxygen atoms in total. The van der Waals surface area contributed by atoms with E-state index >= 15 is 0 Å². The van der Waals surface area contributed by atoms with Crippen molar-refractivity contribution in [1.82, 2.24) is 4.90 Å². The molecule has 1 heterocycles. The maximum absolute atomic E-state index is 9.30. The lowest BCUT2D eigenvalue weighted by molar-refractivity contribution is -0.0312. The van der Waals surface area contributed by atoms with E-state index in [1.807, 2.05) is 24.3 Å². The van der Waals surface area contributed by atoms with Gasteiger partial charge in [0, 0.05) is 18.7 Å². The number of aliphatic hydroxyl groups is 2. The molecule has 114 valence electrons. The molecule has 1 aliphatic heterocycles. The highest BCUT2D eigenvalue weighted by molar-refractivity contribution is 5.39. The smallest absolute Gasteiger partial charge is 0.120 e. The minimum Gasteiger partial charge on any atom is -0.492 e. The summed E-state index contributed by atoms with van der Waals surface area (Å²) in [4.78, 5) is 2.18. The third-order valence-corrected chi connectivity index (χ3v) is 3.35. The predicted molar refractivity (Wildman–Crippen MR) is 79.2 cm³/mol. The van der Waals surface area contributed by atoms with Gasteiger partial charge in [0.05, 0.1) is 25.9 Å². The number of benzene rings is 1. The first-order valence-electron chi connectivity index (χ1n) is 7.08. The number of morpholine rings is 1. The molecule has 0 aromatic heterocycles. The largest absolute Gasteiger partial charge is 0.492 e. The van der Waals surface area contributed by atoms with Gasteiger partial charge in [-0.2, -0.15) is 0 Å². The molecule has 1 fully saturated rings. The predicted octanol–water partition coefficient (Wildman–Crippen LogP) is 0.102. The Labute approximate surface area is 125 Å². The van der Waals surface area contributed by atoms with E-state index in [1.165, 1.54) is 0 Å². The molecule has 1 aromatic rings. The van der Waals surface area contributed by atoms with Gasteiger partial charge < -0.3 is 19.7 Å². The molecule has 21 heavy (non-hydrogen) atoms. The van der Waals surface area contributed by atoms with Gasteiger partial charge in [0.2, 0.25) is 0 Å². The zero-order valence-electron chi connectivity index (χ0n) is 12.0. The van der Waals surface area contributed by atoms with E-state index in [2.05, 4.69) is 16.7 Å². The van der Waals surface area contributed by atoms with Crippen molar-refractivity contribution in [3.63, 3.8) is 0 Å². The van der Waals surface area contributed by atoms with Crippen LogP contribution in [0.5, 0.6) is 5.75 Å². The first-order valence-corrected chi connectivity index (χ1v) is 7.08. The van der Waals surface area contributed by atoms with E-state index in [1.54, 1.807) is 0 Å². The summed E-state index contributed by atoms with van der Waals surface area (Å²) in [5, 5.41) is 18.0. The summed E-state index contributed by atoms with van der Waals surface area (Å²) in [5.41, 5.74) is 0.821. The molecular formula is C16H21NO4. The summed E-state index contributed by atoms with van der Waals surface area (Å²) < 4.78 is 11.1. The van der Waals surface area contributed by atoms with Crippen LogP contribution in [0.1, 0.15) is 5.56 Å². The minimum atomic E-state index is -0.148. The molecule has 1 atom stereocenters. The topological polar surface area (TPSA) is 62.2 Å². The second-order valence-corrected chi connectivity index (χ2v) is 4.78. The zero-order chi connectivity index (χ0) is 14.9. The molecule has 1 saturated heterocycles. The average Bonchev–Trinajstić information content (AvgIpc) is 2.54. The van der Waals surface area contributed by atoms with E-state index in [9.17, 15) is 5.11 Å². The van der Waals surface area contributed by atoms with E-state index in [-0.39, 0.29) is 19.3 Å². The molecule has 0 bridgehead atoms. The second-order valence-electron chi connectivity index (χ2n) is 4.78. The van der Waals surface area contributed by atoms with Crippen LogP contribution >= 0.6 is 0 Å². The highest BCUT2D eigenvalue weighted by atomic mass is 16.5. The summed E-state index contributed by atoms with van der Waals surface area (Å²) in [5.74, 6) is 6.22. The highest BCUT2D eigenvalue weighted by Gasteiger charge is 2.21. The molecule has 2 rings (SSSR count). The summed E-state index contributed by atoms with van der Waals surface area (Å²) >= 11 is 0. The first-order chi connectivity index (χ1) is 10.3. The first kappa shape index (κ1) is 15.8. The van der Waals surface area contributed by atoms with Crippen molar-refractivity contribution in [3.8, 4) is 17.6 Å². The molecular weight excluding hydrogens is 270 g/mol. The third-order valence-electron chi connectivity index (χ3n) is 3.35. The average molecular weight is 291 g/mol. The molecule has 0 saturated carbocycles. The van der Waals surface area contributed by atoms with Crippen molar-refractivity contribution < 1.29 is 19.7 Å². The highest BCUT2D eigenvalue weighted by Crippen LogP contribution is 2.13. The quantitative estimate of drug-likeness (QED) is 0.754. The lowest BCUT2D eigenvalue weighted by atomic mass is 10.2. The monoisotopic (exact) mass is 291 g/mol. The summed E-state index contributed by atoms with van der Waals surface area (Å²) in [7, 11) is 0. The molecule has 1 aromatic carbocycles. The SMILES string of the molecule is OCC#Cc1cccc(OCCN2CCOCC2CO)c1. The Kier molecular flexibility index (Phi) is 6.51.